The fourth-order valence-corrected chi connectivity index (χ4v) is 2.08. The summed E-state index contributed by atoms with van der Waals surface area (Å²) in [7, 11) is 0. The number of halogens is 2. The number of rotatable bonds is 6. The monoisotopic (exact) mass is 260 g/mol. The van der Waals surface area contributed by atoms with Crippen molar-refractivity contribution in [2.75, 3.05) is 12.4 Å². The molecule has 96 valence electrons. The van der Waals surface area contributed by atoms with Crippen LogP contribution in [-0.4, -0.2) is 12.4 Å². The average Bonchev–Trinajstić information content (AvgIpc) is 2.35. The summed E-state index contributed by atoms with van der Waals surface area (Å²) in [5, 5.41) is 0. The number of thiol groups is 1. The molecule has 1 rings (SSSR count). The van der Waals surface area contributed by atoms with Crippen molar-refractivity contribution in [3.63, 3.8) is 0 Å². The van der Waals surface area contributed by atoms with Crippen LogP contribution in [0.25, 0.3) is 0 Å². The van der Waals surface area contributed by atoms with E-state index < -0.39 is 11.6 Å². The largest absolute Gasteiger partial charge is 0.490 e. The first-order valence-corrected chi connectivity index (χ1v) is 6.39. The number of benzene rings is 1. The molecular formula is C13H18F2OS. The van der Waals surface area contributed by atoms with Gasteiger partial charge in [0.1, 0.15) is 5.82 Å². The second kappa shape index (κ2) is 6.24. The first-order chi connectivity index (χ1) is 8.06. The van der Waals surface area contributed by atoms with E-state index in [1.165, 1.54) is 0 Å². The topological polar surface area (TPSA) is 9.23 Å². The normalized spacial score (nSPS) is 11.6. The molecule has 0 spiro atoms. The molecule has 17 heavy (non-hydrogen) atoms. The summed E-state index contributed by atoms with van der Waals surface area (Å²) in [4.78, 5) is 0. The van der Waals surface area contributed by atoms with Gasteiger partial charge in [-0.05, 0) is 30.7 Å². The highest BCUT2D eigenvalue weighted by atomic mass is 32.1. The van der Waals surface area contributed by atoms with Gasteiger partial charge in [0.2, 0.25) is 0 Å². The minimum atomic E-state index is -0.535. The molecule has 0 amide bonds. The Bertz CT molecular complexity index is 356. The molecule has 0 radical (unpaired) electrons. The second-order valence-electron chi connectivity index (χ2n) is 4.23. The lowest BCUT2D eigenvalue weighted by molar-refractivity contribution is 0.152. The number of hydrogen-bond donors (Lipinski definition) is 1. The maximum Gasteiger partial charge on any atom is 0.165 e. The van der Waals surface area contributed by atoms with Gasteiger partial charge in [-0.3, -0.25) is 0 Å². The van der Waals surface area contributed by atoms with E-state index >= 15 is 0 Å². The first kappa shape index (κ1) is 14.3. The molecule has 0 unspecified atom stereocenters. The Morgan fingerprint density at radius 1 is 1.24 bits per heavy atom. The molecule has 0 aliphatic heterocycles. The third kappa shape index (κ3) is 3.60. The summed E-state index contributed by atoms with van der Waals surface area (Å²) in [6.07, 6.45) is 1.79. The lowest BCUT2D eigenvalue weighted by Gasteiger charge is -2.29. The Morgan fingerprint density at radius 2 is 1.88 bits per heavy atom. The Labute approximate surface area is 107 Å². The Balaban J connectivity index is 2.75. The number of hydrogen-bond acceptors (Lipinski definition) is 2. The minimum Gasteiger partial charge on any atom is -0.490 e. The number of ether oxygens (including phenoxy) is 1. The maximum atomic E-state index is 13.3. The highest BCUT2D eigenvalue weighted by Gasteiger charge is 2.26. The van der Waals surface area contributed by atoms with Crippen molar-refractivity contribution in [2.45, 2.75) is 26.7 Å². The molecule has 0 bridgehead atoms. The van der Waals surface area contributed by atoms with E-state index in [0.717, 1.165) is 31.0 Å². The lowest BCUT2D eigenvalue weighted by atomic mass is 9.85. The smallest absolute Gasteiger partial charge is 0.165 e. The zero-order chi connectivity index (χ0) is 12.9. The summed E-state index contributed by atoms with van der Waals surface area (Å²) in [6.45, 7) is 4.44. The molecule has 0 saturated carbocycles. The molecule has 0 aliphatic rings. The summed E-state index contributed by atoms with van der Waals surface area (Å²) in [5.74, 6) is -0.396. The third-order valence-corrected chi connectivity index (χ3v) is 3.93. The van der Waals surface area contributed by atoms with Gasteiger partial charge in [0.15, 0.2) is 11.6 Å². The van der Waals surface area contributed by atoms with Crippen molar-refractivity contribution in [1.29, 1.82) is 0 Å². The minimum absolute atomic E-state index is 0.0296. The van der Waals surface area contributed by atoms with Crippen LogP contribution in [0.4, 0.5) is 8.78 Å². The van der Waals surface area contributed by atoms with Crippen LogP contribution < -0.4 is 4.74 Å². The van der Waals surface area contributed by atoms with E-state index in [0.29, 0.717) is 12.4 Å². The molecule has 0 aliphatic carbocycles. The van der Waals surface area contributed by atoms with Crippen LogP contribution in [0.3, 0.4) is 0 Å². The molecule has 0 heterocycles. The van der Waals surface area contributed by atoms with E-state index in [9.17, 15) is 8.78 Å². The molecule has 4 heteroatoms. The summed E-state index contributed by atoms with van der Waals surface area (Å²) in [5.41, 5.74) is -0.0815. The summed E-state index contributed by atoms with van der Waals surface area (Å²) in [6, 6.07) is 3.22. The standard InChI is InChI=1S/C13H18F2OS/c1-3-13(4-2,9-17)8-16-12-7-10(14)5-6-11(12)15/h5-7,17H,3-4,8-9H2,1-2H3. The molecule has 1 nitrogen and oxygen atoms in total. The van der Waals surface area contributed by atoms with E-state index in [-0.39, 0.29) is 11.2 Å². The van der Waals surface area contributed by atoms with Crippen molar-refractivity contribution in [2.24, 2.45) is 5.41 Å². The highest BCUT2D eigenvalue weighted by molar-refractivity contribution is 7.80. The fourth-order valence-electron chi connectivity index (χ4n) is 1.54. The average molecular weight is 260 g/mol. The van der Waals surface area contributed by atoms with E-state index in [1.807, 2.05) is 13.8 Å². The summed E-state index contributed by atoms with van der Waals surface area (Å²) < 4.78 is 31.7. The van der Waals surface area contributed by atoms with Crippen molar-refractivity contribution >= 4 is 12.6 Å². The van der Waals surface area contributed by atoms with Crippen molar-refractivity contribution in [3.8, 4) is 5.75 Å². The van der Waals surface area contributed by atoms with Crippen molar-refractivity contribution in [1.82, 2.24) is 0 Å². The van der Waals surface area contributed by atoms with Crippen LogP contribution >= 0.6 is 12.6 Å². The Kier molecular flexibility index (Phi) is 5.25. The van der Waals surface area contributed by atoms with Gasteiger partial charge in [0.05, 0.1) is 6.61 Å². The second-order valence-corrected chi connectivity index (χ2v) is 4.54. The molecular weight excluding hydrogens is 242 g/mol. The van der Waals surface area contributed by atoms with E-state index in [1.54, 1.807) is 0 Å². The molecule has 0 atom stereocenters. The van der Waals surface area contributed by atoms with Crippen molar-refractivity contribution in [3.05, 3.63) is 29.8 Å². The lowest BCUT2D eigenvalue weighted by Crippen LogP contribution is -2.29. The van der Waals surface area contributed by atoms with Crippen LogP contribution in [0.2, 0.25) is 0 Å². The van der Waals surface area contributed by atoms with Crippen LogP contribution in [0.5, 0.6) is 5.75 Å². The van der Waals surface area contributed by atoms with E-state index in [4.69, 9.17) is 4.74 Å². The zero-order valence-electron chi connectivity index (χ0n) is 10.2. The Hall–Kier alpha value is -0.770. The van der Waals surface area contributed by atoms with Gasteiger partial charge in [-0.25, -0.2) is 8.78 Å². The first-order valence-electron chi connectivity index (χ1n) is 5.75. The van der Waals surface area contributed by atoms with Crippen LogP contribution in [0, 0.1) is 17.0 Å². The van der Waals surface area contributed by atoms with E-state index in [2.05, 4.69) is 12.6 Å². The van der Waals surface area contributed by atoms with Gasteiger partial charge in [-0.1, -0.05) is 13.8 Å². The molecule has 0 fully saturated rings. The quantitative estimate of drug-likeness (QED) is 0.758. The van der Waals surface area contributed by atoms with Crippen LogP contribution in [-0.2, 0) is 0 Å². The van der Waals surface area contributed by atoms with Gasteiger partial charge in [0, 0.05) is 11.5 Å². The van der Waals surface area contributed by atoms with Gasteiger partial charge in [-0.2, -0.15) is 12.6 Å². The van der Waals surface area contributed by atoms with Gasteiger partial charge in [-0.15, -0.1) is 0 Å². The SMILES string of the molecule is CCC(CC)(CS)COc1cc(F)ccc1F. The van der Waals surface area contributed by atoms with Crippen LogP contribution in [0.1, 0.15) is 26.7 Å². The molecule has 0 aromatic heterocycles. The highest BCUT2D eigenvalue weighted by Crippen LogP contribution is 2.29. The van der Waals surface area contributed by atoms with Gasteiger partial charge in [0.25, 0.3) is 0 Å². The predicted octanol–water partition coefficient (Wildman–Crippen LogP) is 4.08. The van der Waals surface area contributed by atoms with Gasteiger partial charge >= 0.3 is 0 Å². The molecule has 1 aromatic rings. The fraction of sp³-hybridized carbons (Fsp3) is 0.538. The van der Waals surface area contributed by atoms with Gasteiger partial charge < -0.3 is 4.74 Å². The maximum absolute atomic E-state index is 13.3. The molecule has 0 N–H and O–H groups in total. The zero-order valence-corrected chi connectivity index (χ0v) is 11.1. The van der Waals surface area contributed by atoms with Crippen LogP contribution in [0.15, 0.2) is 18.2 Å². The predicted molar refractivity (Wildman–Crippen MR) is 68.7 cm³/mol. The van der Waals surface area contributed by atoms with Crippen molar-refractivity contribution < 1.29 is 13.5 Å². The Morgan fingerprint density at radius 3 is 2.41 bits per heavy atom. The summed E-state index contributed by atoms with van der Waals surface area (Å²) >= 11 is 4.31. The molecule has 0 saturated heterocycles. The molecule has 1 aromatic carbocycles. The third-order valence-electron chi connectivity index (χ3n) is 3.26.